The average Bonchev–Trinajstić information content (AvgIpc) is 2.84. The number of nitrogens with one attached hydrogen (secondary N) is 1. The van der Waals surface area contributed by atoms with Crippen LogP contribution in [-0.4, -0.2) is 43.4 Å². The van der Waals surface area contributed by atoms with E-state index >= 15 is 0 Å². The standard InChI is InChI=1S/C24H25ClN4O3/c1-31-19-7-9-22(32-2)21(15-19)26-24(30)17-11-13-29(14-12-17)23-10-8-20(27-28-23)16-3-5-18(25)6-4-16/h3-10,15,17H,11-14H2,1-2H3,(H,26,30). The molecule has 0 bridgehead atoms. The lowest BCUT2D eigenvalue weighted by molar-refractivity contribution is -0.120. The van der Waals surface area contributed by atoms with Crippen molar-refractivity contribution in [2.75, 3.05) is 37.5 Å². The van der Waals surface area contributed by atoms with Gasteiger partial charge in [-0.2, -0.15) is 0 Å². The van der Waals surface area contributed by atoms with Gasteiger partial charge in [-0.3, -0.25) is 4.79 Å². The number of piperidine rings is 1. The van der Waals surface area contributed by atoms with E-state index in [1.807, 2.05) is 36.4 Å². The van der Waals surface area contributed by atoms with Crippen molar-refractivity contribution in [3.05, 3.63) is 59.6 Å². The Hall–Kier alpha value is -3.32. The molecule has 1 N–H and O–H groups in total. The van der Waals surface area contributed by atoms with Gasteiger partial charge in [0.1, 0.15) is 11.5 Å². The van der Waals surface area contributed by atoms with Gasteiger partial charge >= 0.3 is 0 Å². The molecule has 0 atom stereocenters. The molecule has 1 saturated heterocycles. The second kappa shape index (κ2) is 9.87. The summed E-state index contributed by atoms with van der Waals surface area (Å²) in [4.78, 5) is 15.0. The molecule has 4 rings (SSSR count). The van der Waals surface area contributed by atoms with Gasteiger partial charge in [0.25, 0.3) is 0 Å². The Bertz CT molecular complexity index is 1070. The van der Waals surface area contributed by atoms with Crippen molar-refractivity contribution >= 4 is 29.0 Å². The van der Waals surface area contributed by atoms with E-state index in [2.05, 4.69) is 20.4 Å². The summed E-state index contributed by atoms with van der Waals surface area (Å²) in [6.07, 6.45) is 1.47. The summed E-state index contributed by atoms with van der Waals surface area (Å²) in [5, 5.41) is 12.4. The van der Waals surface area contributed by atoms with Crippen LogP contribution in [0.25, 0.3) is 11.3 Å². The second-order valence-corrected chi connectivity index (χ2v) is 8.04. The summed E-state index contributed by atoms with van der Waals surface area (Å²) in [5.41, 5.74) is 2.38. The monoisotopic (exact) mass is 452 g/mol. The highest BCUT2D eigenvalue weighted by Gasteiger charge is 2.26. The lowest BCUT2D eigenvalue weighted by Gasteiger charge is -2.32. The molecule has 1 fully saturated rings. The molecule has 0 spiro atoms. The molecule has 3 aromatic rings. The van der Waals surface area contributed by atoms with Crippen molar-refractivity contribution in [2.24, 2.45) is 5.92 Å². The molecule has 1 aliphatic heterocycles. The van der Waals surface area contributed by atoms with Crippen LogP contribution < -0.4 is 19.7 Å². The van der Waals surface area contributed by atoms with Crippen molar-refractivity contribution in [3.63, 3.8) is 0 Å². The minimum absolute atomic E-state index is 0.0135. The summed E-state index contributed by atoms with van der Waals surface area (Å²) in [6.45, 7) is 1.48. The Labute approximate surface area is 192 Å². The quantitative estimate of drug-likeness (QED) is 0.585. The number of anilines is 2. The number of aromatic nitrogens is 2. The van der Waals surface area contributed by atoms with Crippen molar-refractivity contribution in [1.29, 1.82) is 0 Å². The summed E-state index contributed by atoms with van der Waals surface area (Å²) in [6, 6.07) is 16.8. The van der Waals surface area contributed by atoms with Gasteiger partial charge in [0.05, 0.1) is 25.6 Å². The molecule has 1 amide bonds. The van der Waals surface area contributed by atoms with Crippen LogP contribution in [0.5, 0.6) is 11.5 Å². The fourth-order valence-electron chi connectivity index (χ4n) is 3.79. The Morgan fingerprint density at radius 3 is 2.38 bits per heavy atom. The number of rotatable bonds is 6. The minimum Gasteiger partial charge on any atom is -0.497 e. The van der Waals surface area contributed by atoms with Gasteiger partial charge in [0, 0.05) is 35.7 Å². The largest absolute Gasteiger partial charge is 0.497 e. The Morgan fingerprint density at radius 2 is 1.75 bits per heavy atom. The number of amides is 1. The maximum Gasteiger partial charge on any atom is 0.227 e. The SMILES string of the molecule is COc1ccc(OC)c(NC(=O)C2CCN(c3ccc(-c4ccc(Cl)cc4)nn3)CC2)c1. The number of halogens is 1. The molecule has 0 saturated carbocycles. The molecule has 0 radical (unpaired) electrons. The van der Waals surface area contributed by atoms with Crippen LogP contribution in [0.3, 0.4) is 0 Å². The molecule has 0 unspecified atom stereocenters. The van der Waals surface area contributed by atoms with E-state index in [0.717, 1.165) is 43.0 Å². The lowest BCUT2D eigenvalue weighted by atomic mass is 9.95. The molecule has 1 aromatic heterocycles. The van der Waals surface area contributed by atoms with E-state index in [1.165, 1.54) is 0 Å². The summed E-state index contributed by atoms with van der Waals surface area (Å²) in [7, 11) is 3.17. The maximum atomic E-state index is 12.8. The third-order valence-electron chi connectivity index (χ3n) is 5.64. The van der Waals surface area contributed by atoms with E-state index in [9.17, 15) is 4.79 Å². The predicted octanol–water partition coefficient (Wildman–Crippen LogP) is 4.67. The molecule has 32 heavy (non-hydrogen) atoms. The minimum atomic E-state index is -0.0801. The number of carbonyl (C=O) groups excluding carboxylic acids is 1. The molecule has 0 aliphatic carbocycles. The van der Waals surface area contributed by atoms with Gasteiger partial charge in [-0.05, 0) is 49.2 Å². The van der Waals surface area contributed by atoms with Crippen LogP contribution in [-0.2, 0) is 4.79 Å². The zero-order chi connectivity index (χ0) is 22.5. The second-order valence-electron chi connectivity index (χ2n) is 7.60. The van der Waals surface area contributed by atoms with Crippen LogP contribution in [0.2, 0.25) is 5.02 Å². The van der Waals surface area contributed by atoms with Gasteiger partial charge in [-0.15, -0.1) is 10.2 Å². The van der Waals surface area contributed by atoms with Crippen LogP contribution in [0.1, 0.15) is 12.8 Å². The molecule has 7 nitrogen and oxygen atoms in total. The Morgan fingerprint density at radius 1 is 1.00 bits per heavy atom. The van der Waals surface area contributed by atoms with Gasteiger partial charge < -0.3 is 19.7 Å². The molecular weight excluding hydrogens is 428 g/mol. The maximum absolute atomic E-state index is 12.8. The fraction of sp³-hybridized carbons (Fsp3) is 0.292. The topological polar surface area (TPSA) is 76.6 Å². The molecule has 2 heterocycles. The number of hydrogen-bond donors (Lipinski definition) is 1. The first kappa shape index (κ1) is 21.9. The number of benzene rings is 2. The van der Waals surface area contributed by atoms with Crippen molar-refractivity contribution in [1.82, 2.24) is 10.2 Å². The number of carbonyl (C=O) groups is 1. The van der Waals surface area contributed by atoms with Gasteiger partial charge in [0.2, 0.25) is 5.91 Å². The van der Waals surface area contributed by atoms with Gasteiger partial charge in [-0.25, -0.2) is 0 Å². The predicted molar refractivity (Wildman–Crippen MR) is 126 cm³/mol. The van der Waals surface area contributed by atoms with Crippen LogP contribution in [0.15, 0.2) is 54.6 Å². The number of methoxy groups -OCH3 is 2. The van der Waals surface area contributed by atoms with Crippen LogP contribution >= 0.6 is 11.6 Å². The Kier molecular flexibility index (Phi) is 6.75. The summed E-state index contributed by atoms with van der Waals surface area (Å²) < 4.78 is 10.6. The van der Waals surface area contributed by atoms with Crippen molar-refractivity contribution < 1.29 is 14.3 Å². The number of ether oxygens (including phenoxy) is 2. The van der Waals surface area contributed by atoms with Gasteiger partial charge in [-0.1, -0.05) is 23.7 Å². The van der Waals surface area contributed by atoms with E-state index in [1.54, 1.807) is 32.4 Å². The number of hydrogen-bond acceptors (Lipinski definition) is 6. The molecular formula is C24H25ClN4O3. The van der Waals surface area contributed by atoms with Crippen LogP contribution in [0.4, 0.5) is 11.5 Å². The third-order valence-corrected chi connectivity index (χ3v) is 5.90. The van der Waals surface area contributed by atoms with Crippen molar-refractivity contribution in [3.8, 4) is 22.8 Å². The van der Waals surface area contributed by atoms with E-state index < -0.39 is 0 Å². The first-order valence-corrected chi connectivity index (χ1v) is 10.8. The van der Waals surface area contributed by atoms with Gasteiger partial charge in [0.15, 0.2) is 5.82 Å². The summed E-state index contributed by atoms with van der Waals surface area (Å²) >= 11 is 5.95. The van der Waals surface area contributed by atoms with Crippen LogP contribution in [0, 0.1) is 5.92 Å². The zero-order valence-corrected chi connectivity index (χ0v) is 18.8. The van der Waals surface area contributed by atoms with Crippen molar-refractivity contribution in [2.45, 2.75) is 12.8 Å². The highest BCUT2D eigenvalue weighted by Crippen LogP contribution is 2.31. The third kappa shape index (κ3) is 4.94. The number of nitrogens with zero attached hydrogens (tertiary/aromatic N) is 3. The molecule has 1 aliphatic rings. The lowest BCUT2D eigenvalue weighted by Crippen LogP contribution is -2.38. The summed E-state index contributed by atoms with van der Waals surface area (Å²) in [5.74, 6) is 1.99. The van der Waals surface area contributed by atoms with E-state index in [4.69, 9.17) is 21.1 Å². The fourth-order valence-corrected chi connectivity index (χ4v) is 3.91. The molecule has 2 aromatic carbocycles. The molecule has 8 heteroatoms. The van der Waals surface area contributed by atoms with E-state index in [0.29, 0.717) is 22.2 Å². The average molecular weight is 453 g/mol. The highest BCUT2D eigenvalue weighted by atomic mass is 35.5. The van der Waals surface area contributed by atoms with E-state index in [-0.39, 0.29) is 11.8 Å². The zero-order valence-electron chi connectivity index (χ0n) is 18.0. The highest BCUT2D eigenvalue weighted by molar-refractivity contribution is 6.30. The smallest absolute Gasteiger partial charge is 0.227 e. The Balaban J connectivity index is 1.36. The molecule has 166 valence electrons. The first-order valence-electron chi connectivity index (χ1n) is 10.4. The normalized spacial score (nSPS) is 14.2. The first-order chi connectivity index (χ1) is 15.6.